The lowest BCUT2D eigenvalue weighted by Gasteiger charge is -2.21. The molecular weight excluding hydrogens is 464 g/mol. The first-order chi connectivity index (χ1) is 18.1. The molecule has 2 aromatic heterocycles. The fourth-order valence-corrected chi connectivity index (χ4v) is 5.19. The largest absolute Gasteiger partial charge is 0.504 e. The van der Waals surface area contributed by atoms with Gasteiger partial charge in [0.05, 0.1) is 7.11 Å². The molecule has 0 unspecified atom stereocenters. The number of hydrogen-bond donors (Lipinski definition) is 1. The summed E-state index contributed by atoms with van der Waals surface area (Å²) in [4.78, 5) is 6.52. The van der Waals surface area contributed by atoms with Crippen molar-refractivity contribution in [2.75, 3.05) is 20.3 Å². The first-order valence-corrected chi connectivity index (χ1v) is 12.4. The monoisotopic (exact) mass is 492 g/mol. The molecular formula is C31H28N2O4. The SMILES string of the molecule is COc1cc2c(-c3ccccc3)c(C)oc2cc1CN1CCOc2c(O)cc(-c3cccnc3)cc2C1. The highest BCUT2D eigenvalue weighted by Gasteiger charge is 2.22. The Labute approximate surface area is 215 Å². The maximum absolute atomic E-state index is 10.7. The topological polar surface area (TPSA) is 68.0 Å². The molecule has 0 atom stereocenters. The van der Waals surface area contributed by atoms with Crippen molar-refractivity contribution >= 4 is 11.0 Å². The Bertz CT molecular complexity index is 1560. The summed E-state index contributed by atoms with van der Waals surface area (Å²) in [5.41, 5.74) is 6.90. The van der Waals surface area contributed by atoms with E-state index < -0.39 is 0 Å². The fourth-order valence-electron chi connectivity index (χ4n) is 5.19. The van der Waals surface area contributed by atoms with Crippen LogP contribution in [0.1, 0.15) is 16.9 Å². The molecule has 1 N–H and O–H groups in total. The minimum atomic E-state index is 0.150. The van der Waals surface area contributed by atoms with Gasteiger partial charge in [-0.05, 0) is 48.4 Å². The standard InChI is InChI=1S/C31H28N2O4/c1-20-30(21-7-4-3-5-8-21)26-16-28(35-2)24(15-29(26)37-20)18-33-11-12-36-31-25(19-33)13-23(14-27(31)34)22-9-6-10-32-17-22/h3-10,13-17,34H,11-12,18-19H2,1-2H3. The third-order valence-corrected chi connectivity index (χ3v) is 6.91. The van der Waals surface area contributed by atoms with Gasteiger partial charge < -0.3 is 19.0 Å². The number of aromatic nitrogens is 1. The summed E-state index contributed by atoms with van der Waals surface area (Å²) in [6.45, 7) is 4.48. The van der Waals surface area contributed by atoms with Gasteiger partial charge in [-0.2, -0.15) is 0 Å². The van der Waals surface area contributed by atoms with Crippen molar-refractivity contribution in [2.45, 2.75) is 20.0 Å². The van der Waals surface area contributed by atoms with Crippen LogP contribution in [0.25, 0.3) is 33.2 Å². The molecule has 0 spiro atoms. The van der Waals surface area contributed by atoms with E-state index in [0.29, 0.717) is 32.0 Å². The number of furan rings is 1. The summed E-state index contributed by atoms with van der Waals surface area (Å²) in [5.74, 6) is 2.40. The van der Waals surface area contributed by atoms with Crippen molar-refractivity contribution in [1.29, 1.82) is 0 Å². The lowest BCUT2D eigenvalue weighted by atomic mass is 10.0. The maximum Gasteiger partial charge on any atom is 0.165 e. The van der Waals surface area contributed by atoms with Gasteiger partial charge in [0.2, 0.25) is 0 Å². The number of ether oxygens (including phenoxy) is 2. The lowest BCUT2D eigenvalue weighted by Crippen LogP contribution is -2.25. The summed E-state index contributed by atoms with van der Waals surface area (Å²) < 4.78 is 18.0. The Morgan fingerprint density at radius 2 is 1.84 bits per heavy atom. The molecule has 0 aliphatic carbocycles. The van der Waals surface area contributed by atoms with Crippen molar-refractivity contribution < 1.29 is 19.0 Å². The van der Waals surface area contributed by atoms with Crippen LogP contribution in [-0.2, 0) is 13.1 Å². The van der Waals surface area contributed by atoms with Crippen molar-refractivity contribution in [3.05, 3.63) is 96.0 Å². The van der Waals surface area contributed by atoms with Crippen molar-refractivity contribution in [1.82, 2.24) is 9.88 Å². The van der Waals surface area contributed by atoms with Crippen molar-refractivity contribution in [2.24, 2.45) is 0 Å². The Hall–Kier alpha value is -4.29. The second-order valence-electron chi connectivity index (χ2n) is 9.34. The first kappa shape index (κ1) is 23.1. The molecule has 0 saturated heterocycles. The molecule has 6 nitrogen and oxygen atoms in total. The Morgan fingerprint density at radius 3 is 2.62 bits per heavy atom. The van der Waals surface area contributed by atoms with Gasteiger partial charge in [-0.15, -0.1) is 0 Å². The van der Waals surface area contributed by atoms with Crippen LogP contribution in [0.3, 0.4) is 0 Å². The number of benzene rings is 3. The molecule has 0 saturated carbocycles. The summed E-state index contributed by atoms with van der Waals surface area (Å²) in [7, 11) is 1.71. The highest BCUT2D eigenvalue weighted by Crippen LogP contribution is 2.40. The molecule has 6 rings (SSSR count). The van der Waals surface area contributed by atoms with Gasteiger partial charge in [0.25, 0.3) is 0 Å². The second-order valence-corrected chi connectivity index (χ2v) is 9.34. The number of phenols is 1. The number of phenolic OH excluding ortho intramolecular Hbond substituents is 1. The molecule has 6 heteroatoms. The van der Waals surface area contributed by atoms with Gasteiger partial charge in [-0.3, -0.25) is 9.88 Å². The van der Waals surface area contributed by atoms with Gasteiger partial charge in [0.15, 0.2) is 11.5 Å². The number of fused-ring (bicyclic) bond motifs is 2. The summed E-state index contributed by atoms with van der Waals surface area (Å²) in [6.07, 6.45) is 3.54. The van der Waals surface area contributed by atoms with E-state index in [-0.39, 0.29) is 5.75 Å². The normalized spacial score (nSPS) is 13.7. The minimum absolute atomic E-state index is 0.150. The zero-order valence-electron chi connectivity index (χ0n) is 20.9. The van der Waals surface area contributed by atoms with E-state index in [9.17, 15) is 5.11 Å². The Kier molecular flexibility index (Phi) is 6.02. The highest BCUT2D eigenvalue weighted by atomic mass is 16.5. The summed E-state index contributed by atoms with van der Waals surface area (Å²) >= 11 is 0. The van der Waals surface area contributed by atoms with E-state index in [0.717, 1.165) is 55.9 Å². The number of hydrogen-bond acceptors (Lipinski definition) is 6. The molecule has 0 amide bonds. The van der Waals surface area contributed by atoms with Crippen LogP contribution in [-0.4, -0.2) is 35.3 Å². The predicted molar refractivity (Wildman–Crippen MR) is 144 cm³/mol. The molecule has 0 fully saturated rings. The molecule has 1 aliphatic heterocycles. The van der Waals surface area contributed by atoms with Gasteiger partial charge in [0, 0.05) is 59.7 Å². The van der Waals surface area contributed by atoms with Crippen LogP contribution in [0.15, 0.2) is 83.5 Å². The van der Waals surface area contributed by atoms with Crippen molar-refractivity contribution in [3.8, 4) is 39.5 Å². The van der Waals surface area contributed by atoms with E-state index in [1.165, 1.54) is 0 Å². The molecule has 0 bridgehead atoms. The van der Waals surface area contributed by atoms with Crippen LogP contribution in [0, 0.1) is 6.92 Å². The average Bonchev–Trinajstić information content (AvgIpc) is 3.09. The van der Waals surface area contributed by atoms with E-state index in [1.807, 2.05) is 37.3 Å². The average molecular weight is 493 g/mol. The van der Waals surface area contributed by atoms with Crippen LogP contribution < -0.4 is 9.47 Å². The molecule has 0 radical (unpaired) electrons. The summed E-state index contributed by atoms with van der Waals surface area (Å²) in [5, 5.41) is 11.8. The van der Waals surface area contributed by atoms with E-state index in [4.69, 9.17) is 13.9 Å². The predicted octanol–water partition coefficient (Wildman–Crippen LogP) is 6.58. The zero-order chi connectivity index (χ0) is 25.4. The maximum atomic E-state index is 10.7. The van der Waals surface area contributed by atoms with Crippen molar-refractivity contribution in [3.63, 3.8) is 0 Å². The van der Waals surface area contributed by atoms with Crippen LogP contribution in [0.5, 0.6) is 17.2 Å². The molecule has 5 aromatic rings. The van der Waals surface area contributed by atoms with E-state index in [2.05, 4.69) is 40.2 Å². The van der Waals surface area contributed by atoms with E-state index >= 15 is 0 Å². The Balaban J connectivity index is 1.34. The molecule has 37 heavy (non-hydrogen) atoms. The quantitative estimate of drug-likeness (QED) is 0.299. The summed E-state index contributed by atoms with van der Waals surface area (Å²) in [6, 6.07) is 22.2. The number of nitrogens with zero attached hydrogens (tertiary/aromatic N) is 2. The smallest absolute Gasteiger partial charge is 0.165 e. The van der Waals surface area contributed by atoms with Gasteiger partial charge in [-0.1, -0.05) is 36.4 Å². The van der Waals surface area contributed by atoms with Gasteiger partial charge >= 0.3 is 0 Å². The minimum Gasteiger partial charge on any atom is -0.504 e. The number of pyridine rings is 1. The van der Waals surface area contributed by atoms with Crippen LogP contribution >= 0.6 is 0 Å². The van der Waals surface area contributed by atoms with Gasteiger partial charge in [-0.25, -0.2) is 0 Å². The number of aryl methyl sites for hydroxylation is 1. The zero-order valence-corrected chi connectivity index (χ0v) is 20.9. The third kappa shape index (κ3) is 4.41. The van der Waals surface area contributed by atoms with Gasteiger partial charge in [0.1, 0.15) is 23.7 Å². The number of rotatable bonds is 5. The molecule has 3 heterocycles. The number of methoxy groups -OCH3 is 1. The molecule has 186 valence electrons. The molecule has 3 aromatic carbocycles. The second kappa shape index (κ2) is 9.64. The van der Waals surface area contributed by atoms with E-state index in [1.54, 1.807) is 25.6 Å². The highest BCUT2D eigenvalue weighted by molar-refractivity contribution is 5.97. The van der Waals surface area contributed by atoms with Crippen LogP contribution in [0.4, 0.5) is 0 Å². The van der Waals surface area contributed by atoms with Crippen LogP contribution in [0.2, 0.25) is 0 Å². The lowest BCUT2D eigenvalue weighted by molar-refractivity contribution is 0.215. The molecule has 1 aliphatic rings. The Morgan fingerprint density at radius 1 is 1.00 bits per heavy atom. The number of aromatic hydroxyl groups is 1. The first-order valence-electron chi connectivity index (χ1n) is 12.4. The third-order valence-electron chi connectivity index (χ3n) is 6.91. The fraction of sp³-hybridized carbons (Fsp3) is 0.194.